The molecule has 1 heterocycles. The zero-order valence-electron chi connectivity index (χ0n) is 17.1. The third-order valence-corrected chi connectivity index (χ3v) is 7.41. The molecule has 0 amide bonds. The molecule has 4 rings (SSSR count). The van der Waals surface area contributed by atoms with Crippen molar-refractivity contribution < 1.29 is 17.2 Å². The van der Waals surface area contributed by atoms with Crippen LogP contribution in [0.1, 0.15) is 11.1 Å². The van der Waals surface area contributed by atoms with Crippen LogP contribution in [0.3, 0.4) is 0 Å². The summed E-state index contributed by atoms with van der Waals surface area (Å²) in [5, 5.41) is -0.790. The summed E-state index contributed by atoms with van der Waals surface area (Å²) in [5.41, 5.74) is 2.37. The summed E-state index contributed by atoms with van der Waals surface area (Å²) in [4.78, 5) is 6.88. The van der Waals surface area contributed by atoms with E-state index < -0.39 is 26.2 Å². The highest BCUT2D eigenvalue weighted by molar-refractivity contribution is 8.04. The fourth-order valence-electron chi connectivity index (χ4n) is 3.45. The standard InChI is InChI=1S/C24H22N2O4S2/c27-31-22(15-21-13-7-8-14-23(21)32(28,29)30)18-26(17-20-11-5-2-6-12-20)24(31)25-16-19-9-3-1-4-10-19/h1-15,18,23H,16-17H2,(H,28,29,30). The number of allylic oxidation sites excluding steroid dienone is 4. The fourth-order valence-corrected chi connectivity index (χ4v) is 5.42. The van der Waals surface area contributed by atoms with Crippen molar-refractivity contribution in [2.75, 3.05) is 0 Å². The Morgan fingerprint density at radius 3 is 2.31 bits per heavy atom. The highest BCUT2D eigenvalue weighted by Gasteiger charge is 2.30. The number of rotatable bonds is 6. The minimum Gasteiger partial charge on any atom is -0.320 e. The van der Waals surface area contributed by atoms with Crippen LogP contribution in [0.25, 0.3) is 0 Å². The molecule has 0 saturated carbocycles. The molecule has 2 aromatic rings. The summed E-state index contributed by atoms with van der Waals surface area (Å²) < 4.78 is 46.5. The van der Waals surface area contributed by atoms with Gasteiger partial charge in [-0.25, -0.2) is 4.21 Å². The summed E-state index contributed by atoms with van der Waals surface area (Å²) >= 11 is 0. The summed E-state index contributed by atoms with van der Waals surface area (Å²) in [6.07, 6.45) is 9.51. The highest BCUT2D eigenvalue weighted by Crippen LogP contribution is 2.27. The SMILES string of the molecule is O=S1C(C=C2C=CC=CC2S(=O)(=O)O)=CN(Cc2ccccc2)C1=NCc1ccccc1. The lowest BCUT2D eigenvalue weighted by Gasteiger charge is -2.16. The van der Waals surface area contributed by atoms with Gasteiger partial charge < -0.3 is 4.90 Å². The average molecular weight is 467 g/mol. The van der Waals surface area contributed by atoms with Gasteiger partial charge in [-0.05, 0) is 22.8 Å². The third-order valence-electron chi connectivity index (χ3n) is 4.99. The molecule has 2 aromatic carbocycles. The van der Waals surface area contributed by atoms with Crippen LogP contribution < -0.4 is 0 Å². The second kappa shape index (κ2) is 9.60. The Morgan fingerprint density at radius 2 is 1.66 bits per heavy atom. The van der Waals surface area contributed by atoms with E-state index in [4.69, 9.17) is 0 Å². The van der Waals surface area contributed by atoms with E-state index >= 15 is 0 Å². The van der Waals surface area contributed by atoms with Crippen molar-refractivity contribution in [1.82, 2.24) is 4.90 Å². The van der Waals surface area contributed by atoms with Crippen LogP contribution in [-0.4, -0.2) is 32.5 Å². The summed E-state index contributed by atoms with van der Waals surface area (Å²) in [5.74, 6) is 0. The molecule has 32 heavy (non-hydrogen) atoms. The molecular weight excluding hydrogens is 444 g/mol. The van der Waals surface area contributed by atoms with E-state index in [2.05, 4.69) is 4.99 Å². The van der Waals surface area contributed by atoms with Gasteiger partial charge in [0, 0.05) is 12.7 Å². The lowest BCUT2D eigenvalue weighted by molar-refractivity contribution is 0.479. The molecule has 2 aliphatic rings. The number of benzene rings is 2. The van der Waals surface area contributed by atoms with Crippen molar-refractivity contribution in [3.05, 3.63) is 119 Å². The molecule has 0 radical (unpaired) electrons. The van der Waals surface area contributed by atoms with E-state index in [0.29, 0.717) is 28.7 Å². The van der Waals surface area contributed by atoms with E-state index in [1.54, 1.807) is 30.5 Å². The Hall–Kier alpha value is -3.07. The van der Waals surface area contributed by atoms with Crippen LogP contribution >= 0.6 is 0 Å². The fraction of sp³-hybridized carbons (Fsp3) is 0.125. The van der Waals surface area contributed by atoms with Crippen molar-refractivity contribution in [2.24, 2.45) is 4.99 Å². The van der Waals surface area contributed by atoms with Gasteiger partial charge in [-0.2, -0.15) is 8.42 Å². The first-order valence-corrected chi connectivity index (χ1v) is 12.6. The maximum absolute atomic E-state index is 13.3. The first-order valence-electron chi connectivity index (χ1n) is 9.97. The van der Waals surface area contributed by atoms with E-state index in [1.165, 1.54) is 6.08 Å². The Kier molecular flexibility index (Phi) is 6.64. The first kappa shape index (κ1) is 22.1. The molecule has 1 N–H and O–H groups in total. The maximum atomic E-state index is 13.3. The minimum atomic E-state index is -4.33. The smallest absolute Gasteiger partial charge is 0.275 e. The Morgan fingerprint density at radius 1 is 1.00 bits per heavy atom. The van der Waals surface area contributed by atoms with E-state index in [-0.39, 0.29) is 0 Å². The van der Waals surface area contributed by atoms with Crippen molar-refractivity contribution >= 4 is 26.1 Å². The quantitative estimate of drug-likeness (QED) is 0.652. The number of hydrogen-bond donors (Lipinski definition) is 1. The van der Waals surface area contributed by atoms with E-state index in [1.807, 2.05) is 65.6 Å². The normalized spacial score (nSPS) is 23.2. The van der Waals surface area contributed by atoms with Gasteiger partial charge in [-0.15, -0.1) is 0 Å². The summed E-state index contributed by atoms with van der Waals surface area (Å²) in [7, 11) is -5.93. The molecular formula is C24H22N2O4S2. The average Bonchev–Trinajstić information content (AvgIpc) is 3.07. The molecule has 1 aliphatic carbocycles. The summed E-state index contributed by atoms with van der Waals surface area (Å²) in [6.45, 7) is 0.853. The van der Waals surface area contributed by atoms with Crippen LogP contribution in [0.2, 0.25) is 0 Å². The van der Waals surface area contributed by atoms with E-state index in [9.17, 15) is 17.2 Å². The van der Waals surface area contributed by atoms with Gasteiger partial charge in [0.1, 0.15) is 16.0 Å². The number of aliphatic imine (C=N–C) groups is 1. The predicted octanol–water partition coefficient (Wildman–Crippen LogP) is 3.96. The summed E-state index contributed by atoms with van der Waals surface area (Å²) in [6, 6.07) is 19.4. The Labute approximate surface area is 190 Å². The largest absolute Gasteiger partial charge is 0.320 e. The molecule has 0 bridgehead atoms. The molecule has 6 nitrogen and oxygen atoms in total. The predicted molar refractivity (Wildman–Crippen MR) is 127 cm³/mol. The monoisotopic (exact) mass is 466 g/mol. The second-order valence-electron chi connectivity index (χ2n) is 7.32. The topological polar surface area (TPSA) is 87.0 Å². The molecule has 0 spiro atoms. The van der Waals surface area contributed by atoms with Crippen LogP contribution in [0, 0.1) is 0 Å². The van der Waals surface area contributed by atoms with Crippen LogP contribution in [0.5, 0.6) is 0 Å². The van der Waals surface area contributed by atoms with Gasteiger partial charge in [0.25, 0.3) is 10.1 Å². The zero-order valence-corrected chi connectivity index (χ0v) is 18.7. The van der Waals surface area contributed by atoms with Crippen LogP contribution in [0.15, 0.2) is 113 Å². The van der Waals surface area contributed by atoms with Gasteiger partial charge in [0.15, 0.2) is 5.17 Å². The Balaban J connectivity index is 1.68. The van der Waals surface area contributed by atoms with Crippen LogP contribution in [-0.2, 0) is 34.0 Å². The van der Waals surface area contributed by atoms with E-state index in [0.717, 1.165) is 11.1 Å². The molecule has 0 saturated heterocycles. The molecule has 8 heteroatoms. The lowest BCUT2D eigenvalue weighted by Crippen LogP contribution is -2.24. The number of amidine groups is 1. The van der Waals surface area contributed by atoms with Crippen molar-refractivity contribution in [2.45, 2.75) is 18.3 Å². The van der Waals surface area contributed by atoms with Gasteiger partial charge in [0.2, 0.25) is 0 Å². The van der Waals surface area contributed by atoms with Crippen molar-refractivity contribution in [3.63, 3.8) is 0 Å². The maximum Gasteiger partial charge on any atom is 0.275 e. The second-order valence-corrected chi connectivity index (χ2v) is 10.2. The molecule has 2 unspecified atom stereocenters. The van der Waals surface area contributed by atoms with Gasteiger partial charge in [-0.3, -0.25) is 9.55 Å². The zero-order chi connectivity index (χ0) is 22.6. The third kappa shape index (κ3) is 5.21. The van der Waals surface area contributed by atoms with Crippen molar-refractivity contribution in [3.8, 4) is 0 Å². The number of nitrogens with zero attached hydrogens (tertiary/aromatic N) is 2. The molecule has 0 fully saturated rings. The van der Waals surface area contributed by atoms with Crippen molar-refractivity contribution in [1.29, 1.82) is 0 Å². The molecule has 164 valence electrons. The molecule has 2 atom stereocenters. The Bertz CT molecular complexity index is 1260. The van der Waals surface area contributed by atoms with Gasteiger partial charge >= 0.3 is 0 Å². The van der Waals surface area contributed by atoms with Crippen LogP contribution in [0.4, 0.5) is 0 Å². The molecule has 1 aliphatic heterocycles. The first-order chi connectivity index (χ1) is 15.4. The van der Waals surface area contributed by atoms with Gasteiger partial charge in [0.05, 0.1) is 11.4 Å². The highest BCUT2D eigenvalue weighted by atomic mass is 32.2. The minimum absolute atomic E-state index is 0.346. The molecule has 0 aromatic heterocycles. The lowest BCUT2D eigenvalue weighted by atomic mass is 10.1. The van der Waals surface area contributed by atoms with Gasteiger partial charge in [-0.1, -0.05) is 85.0 Å². The number of hydrogen-bond acceptors (Lipinski definition) is 4.